The molecule has 0 atom stereocenters. The lowest BCUT2D eigenvalue weighted by atomic mass is 9.96. The highest BCUT2D eigenvalue weighted by Crippen LogP contribution is 2.41. The summed E-state index contributed by atoms with van der Waals surface area (Å²) in [4.78, 5) is 2.40. The number of aromatic nitrogens is 1. The average Bonchev–Trinajstić information content (AvgIpc) is 4.10. The lowest BCUT2D eigenvalue weighted by Gasteiger charge is -2.35. The summed E-state index contributed by atoms with van der Waals surface area (Å²) in [6.45, 7) is 0. The minimum absolute atomic E-state index is 1.08. The molecule has 13 aromatic carbocycles. The maximum absolute atomic E-state index is 2.73. The Labute approximate surface area is 463 Å². The number of nitrogens with zero attached hydrogens (tertiary/aromatic N) is 2. The van der Waals surface area contributed by atoms with Gasteiger partial charge >= 0.3 is 0 Å². The molecular formula is C76H54N2Si. The van der Waals surface area contributed by atoms with Crippen LogP contribution in [0.3, 0.4) is 0 Å². The SMILES string of the molecule is c1ccc(-n2c3ccccc3c3c(-c4ccc(-c5ccc(N(c6ccc(-c7cccc(-c8ccc9ccccc9c8)c7)cc6)c6ccc([Si](c7ccccc7)(c7ccccc7)c7ccccc7)cc6)cc5)cc4)cccc32)cc1. The summed E-state index contributed by atoms with van der Waals surface area (Å²) < 4.78 is 2.39. The molecule has 0 saturated carbocycles. The first-order valence-electron chi connectivity index (χ1n) is 27.2. The van der Waals surface area contributed by atoms with Gasteiger partial charge < -0.3 is 9.47 Å². The van der Waals surface area contributed by atoms with Gasteiger partial charge in [-0.1, -0.05) is 255 Å². The lowest BCUT2D eigenvalue weighted by Crippen LogP contribution is -2.74. The summed E-state index contributed by atoms with van der Waals surface area (Å²) in [6.07, 6.45) is 0. The Balaban J connectivity index is 0.837. The second-order valence-corrected chi connectivity index (χ2v) is 24.2. The van der Waals surface area contributed by atoms with Crippen LogP contribution in [0.2, 0.25) is 0 Å². The molecular weight excluding hydrogens is 969 g/mol. The summed E-state index contributed by atoms with van der Waals surface area (Å²) in [5, 5.41) is 10.4. The maximum Gasteiger partial charge on any atom is 0.179 e. The number of benzene rings is 13. The van der Waals surface area contributed by atoms with Crippen LogP contribution in [0.5, 0.6) is 0 Å². The summed E-state index contributed by atoms with van der Waals surface area (Å²) in [5.74, 6) is 0. The van der Waals surface area contributed by atoms with Crippen molar-refractivity contribution in [2.24, 2.45) is 0 Å². The summed E-state index contributed by atoms with van der Waals surface area (Å²) in [6, 6.07) is 121. The molecule has 0 radical (unpaired) electrons. The Bertz CT molecular complexity index is 4320. The minimum atomic E-state index is -2.73. The van der Waals surface area contributed by atoms with Gasteiger partial charge in [0.05, 0.1) is 11.0 Å². The summed E-state index contributed by atoms with van der Waals surface area (Å²) >= 11 is 0. The van der Waals surface area contributed by atoms with E-state index in [1.807, 2.05) is 0 Å². The van der Waals surface area contributed by atoms with Gasteiger partial charge in [0, 0.05) is 33.5 Å². The third-order valence-corrected chi connectivity index (χ3v) is 20.7. The number of fused-ring (bicyclic) bond motifs is 4. The van der Waals surface area contributed by atoms with Crippen molar-refractivity contribution >= 4 is 78.5 Å². The van der Waals surface area contributed by atoms with Gasteiger partial charge in [-0.15, -0.1) is 0 Å². The molecule has 14 aromatic rings. The fraction of sp³-hybridized carbons (Fsp3) is 0. The molecule has 14 rings (SSSR count). The average molecular weight is 1020 g/mol. The first-order valence-corrected chi connectivity index (χ1v) is 29.2. The number of anilines is 3. The highest BCUT2D eigenvalue weighted by atomic mass is 28.3. The predicted octanol–water partition coefficient (Wildman–Crippen LogP) is 17.5. The highest BCUT2D eigenvalue weighted by Gasteiger charge is 2.41. The van der Waals surface area contributed by atoms with Crippen molar-refractivity contribution in [3.8, 4) is 50.2 Å². The Morgan fingerprint density at radius 3 is 1.25 bits per heavy atom. The summed E-state index contributed by atoms with van der Waals surface area (Å²) in [5.41, 5.74) is 16.4. The molecule has 0 saturated heterocycles. The monoisotopic (exact) mass is 1020 g/mol. The van der Waals surface area contributed by atoms with Crippen molar-refractivity contribution < 1.29 is 0 Å². The van der Waals surface area contributed by atoms with Gasteiger partial charge in [0.15, 0.2) is 8.07 Å². The molecule has 1 heterocycles. The molecule has 79 heavy (non-hydrogen) atoms. The number of hydrogen-bond acceptors (Lipinski definition) is 1. The van der Waals surface area contributed by atoms with Crippen molar-refractivity contribution in [2.75, 3.05) is 4.90 Å². The Morgan fingerprint density at radius 1 is 0.253 bits per heavy atom. The normalized spacial score (nSPS) is 11.5. The van der Waals surface area contributed by atoms with Crippen molar-refractivity contribution in [3.63, 3.8) is 0 Å². The largest absolute Gasteiger partial charge is 0.311 e. The molecule has 0 spiro atoms. The van der Waals surface area contributed by atoms with Gasteiger partial charge in [-0.05, 0) is 149 Å². The summed E-state index contributed by atoms with van der Waals surface area (Å²) in [7, 11) is -2.73. The fourth-order valence-electron chi connectivity index (χ4n) is 12.2. The third kappa shape index (κ3) is 8.64. The maximum atomic E-state index is 2.40. The van der Waals surface area contributed by atoms with Crippen molar-refractivity contribution in [2.45, 2.75) is 0 Å². The van der Waals surface area contributed by atoms with Crippen LogP contribution >= 0.6 is 0 Å². The van der Waals surface area contributed by atoms with E-state index in [0.29, 0.717) is 0 Å². The molecule has 0 unspecified atom stereocenters. The highest BCUT2D eigenvalue weighted by molar-refractivity contribution is 7.19. The Hall–Kier alpha value is -10.1. The minimum Gasteiger partial charge on any atom is -0.311 e. The standard InChI is InChI=1S/C76H54N2Si/c1-5-23-64(24-6-1)78-74-33-16-15-31-73(74)76-72(32-18-34-75(76)78)59-38-35-56(36-39-59)57-41-45-65(46-42-57)77(66-47-43-58(44-48-66)61-21-17-22-62(53-61)63-40-37-55-19-13-14-20-60(55)54-63)67-49-51-71(52-50-67)79(68-25-7-2-8-26-68,69-27-9-3-10-28-69)70-29-11-4-12-30-70/h1-54H. The van der Waals surface area contributed by atoms with Gasteiger partial charge in [0.25, 0.3) is 0 Å². The zero-order valence-corrected chi connectivity index (χ0v) is 44.6. The van der Waals surface area contributed by atoms with Crippen LogP contribution in [-0.2, 0) is 0 Å². The van der Waals surface area contributed by atoms with E-state index in [0.717, 1.165) is 28.3 Å². The molecule has 0 aliphatic heterocycles. The predicted molar refractivity (Wildman–Crippen MR) is 338 cm³/mol. The number of hydrogen-bond donors (Lipinski definition) is 0. The van der Waals surface area contributed by atoms with Crippen LogP contribution in [0.1, 0.15) is 0 Å². The van der Waals surface area contributed by atoms with E-state index >= 15 is 0 Å². The van der Waals surface area contributed by atoms with E-state index in [1.54, 1.807) is 0 Å². The molecule has 372 valence electrons. The zero-order chi connectivity index (χ0) is 52.5. The van der Waals surface area contributed by atoms with Gasteiger partial charge in [-0.25, -0.2) is 0 Å². The smallest absolute Gasteiger partial charge is 0.179 e. The molecule has 0 amide bonds. The first-order chi connectivity index (χ1) is 39.2. The van der Waals surface area contributed by atoms with Crippen LogP contribution in [-0.4, -0.2) is 12.6 Å². The van der Waals surface area contributed by atoms with E-state index in [4.69, 9.17) is 0 Å². The third-order valence-electron chi connectivity index (χ3n) is 15.9. The van der Waals surface area contributed by atoms with Crippen molar-refractivity contribution in [3.05, 3.63) is 328 Å². The first kappa shape index (κ1) is 47.4. The zero-order valence-electron chi connectivity index (χ0n) is 43.6. The Kier molecular flexibility index (Phi) is 12.3. The van der Waals surface area contributed by atoms with Gasteiger partial charge in [0.1, 0.15) is 0 Å². The van der Waals surface area contributed by atoms with Crippen LogP contribution < -0.4 is 25.6 Å². The van der Waals surface area contributed by atoms with E-state index in [-0.39, 0.29) is 0 Å². The molecule has 0 fully saturated rings. The molecule has 0 N–H and O–H groups in total. The molecule has 3 heteroatoms. The van der Waals surface area contributed by atoms with E-state index in [2.05, 4.69) is 337 Å². The Morgan fingerprint density at radius 2 is 0.658 bits per heavy atom. The lowest BCUT2D eigenvalue weighted by molar-refractivity contribution is 1.18. The second-order valence-electron chi connectivity index (χ2n) is 20.4. The number of rotatable bonds is 12. The fourth-order valence-corrected chi connectivity index (χ4v) is 16.9. The topological polar surface area (TPSA) is 8.17 Å². The van der Waals surface area contributed by atoms with Gasteiger partial charge in [-0.3, -0.25) is 0 Å². The molecule has 2 nitrogen and oxygen atoms in total. The quantitative estimate of drug-likeness (QED) is 0.0875. The van der Waals surface area contributed by atoms with Crippen molar-refractivity contribution in [1.82, 2.24) is 4.57 Å². The van der Waals surface area contributed by atoms with E-state index in [9.17, 15) is 0 Å². The van der Waals surface area contributed by atoms with Gasteiger partial charge in [-0.2, -0.15) is 0 Å². The molecule has 0 aliphatic carbocycles. The van der Waals surface area contributed by atoms with Crippen LogP contribution in [0.25, 0.3) is 82.8 Å². The number of para-hydroxylation sites is 2. The second kappa shape index (κ2) is 20.5. The van der Waals surface area contributed by atoms with Crippen LogP contribution in [0.4, 0.5) is 17.1 Å². The van der Waals surface area contributed by atoms with Gasteiger partial charge in [0.2, 0.25) is 0 Å². The molecule has 0 aliphatic rings. The molecule has 1 aromatic heterocycles. The van der Waals surface area contributed by atoms with Crippen LogP contribution in [0, 0.1) is 0 Å². The van der Waals surface area contributed by atoms with Crippen molar-refractivity contribution in [1.29, 1.82) is 0 Å². The van der Waals surface area contributed by atoms with E-state index < -0.39 is 8.07 Å². The molecule has 0 bridgehead atoms. The van der Waals surface area contributed by atoms with E-state index in [1.165, 1.54) is 92.3 Å². The van der Waals surface area contributed by atoms with Crippen LogP contribution in [0.15, 0.2) is 328 Å².